The van der Waals surface area contributed by atoms with Crippen molar-refractivity contribution < 1.29 is 4.57 Å². The second-order valence-electron chi connectivity index (χ2n) is 13.5. The second kappa shape index (κ2) is 21.4. The lowest BCUT2D eigenvalue weighted by Crippen LogP contribution is -2.43. The van der Waals surface area contributed by atoms with Gasteiger partial charge in [0.1, 0.15) is 12.4 Å². The molecule has 1 aromatic heterocycles. The molecule has 0 radical (unpaired) electrons. The first-order valence-electron chi connectivity index (χ1n) is 18.3. The largest absolute Gasteiger partial charge is 0.258 e. The summed E-state index contributed by atoms with van der Waals surface area (Å²) in [5.74, 6) is 1.87. The van der Waals surface area contributed by atoms with Crippen molar-refractivity contribution in [3.8, 4) is 0 Å². The number of unbranched alkanes of at least 4 members (excludes halogenated alkanes) is 16. The molecule has 0 aliphatic carbocycles. The summed E-state index contributed by atoms with van der Waals surface area (Å²) in [7, 11) is 0. The van der Waals surface area contributed by atoms with Gasteiger partial charge in [0.25, 0.3) is 5.82 Å². The standard InChI is InChI=1S/C41H64N2/c1-4-6-8-10-12-13-14-15-16-18-26-32-39(40-42-33-35-43(40)34-27-19-17-11-9-7-5-2)41(3,38-30-24-21-25-31-38)36-37-28-22-20-23-29-37/h20-25,28-31,33,35,39H,4-19,26-27,32,34,36H2,1-3H3/p+1. The van der Waals surface area contributed by atoms with Gasteiger partial charge in [-0.15, -0.1) is 0 Å². The van der Waals surface area contributed by atoms with Gasteiger partial charge in [0.2, 0.25) is 0 Å². The van der Waals surface area contributed by atoms with Gasteiger partial charge in [-0.2, -0.15) is 0 Å². The molecule has 0 aliphatic rings. The van der Waals surface area contributed by atoms with Crippen molar-refractivity contribution in [1.82, 2.24) is 4.98 Å². The topological polar surface area (TPSA) is 19.7 Å². The number of nitrogens with one attached hydrogen (secondary N) is 1. The maximum absolute atomic E-state index is 3.79. The fourth-order valence-corrected chi connectivity index (χ4v) is 7.15. The van der Waals surface area contributed by atoms with Crippen LogP contribution in [0.25, 0.3) is 0 Å². The Morgan fingerprint density at radius 3 is 1.65 bits per heavy atom. The van der Waals surface area contributed by atoms with E-state index in [2.05, 4.69) is 103 Å². The summed E-state index contributed by atoms with van der Waals surface area (Å²) in [6.45, 7) is 8.27. The van der Waals surface area contributed by atoms with Crippen LogP contribution in [-0.2, 0) is 18.4 Å². The Morgan fingerprint density at radius 1 is 0.605 bits per heavy atom. The highest BCUT2D eigenvalue weighted by atomic mass is 15.1. The minimum Gasteiger partial charge on any atom is -0.247 e. The third kappa shape index (κ3) is 12.7. The summed E-state index contributed by atoms with van der Waals surface area (Å²) < 4.78 is 2.57. The first kappa shape index (κ1) is 35.1. The van der Waals surface area contributed by atoms with Gasteiger partial charge in [0.15, 0.2) is 0 Å². The van der Waals surface area contributed by atoms with Crippen molar-refractivity contribution >= 4 is 0 Å². The fourth-order valence-electron chi connectivity index (χ4n) is 7.15. The van der Waals surface area contributed by atoms with E-state index in [9.17, 15) is 0 Å². The van der Waals surface area contributed by atoms with E-state index in [0.717, 1.165) is 13.0 Å². The van der Waals surface area contributed by atoms with Gasteiger partial charge in [-0.3, -0.25) is 0 Å². The minimum absolute atomic E-state index is 0.00780. The molecule has 238 valence electrons. The first-order valence-corrected chi connectivity index (χ1v) is 18.3. The lowest BCUT2D eigenvalue weighted by Gasteiger charge is -2.37. The molecule has 2 nitrogen and oxygen atoms in total. The highest BCUT2D eigenvalue weighted by Crippen LogP contribution is 2.43. The molecule has 0 saturated carbocycles. The monoisotopic (exact) mass is 586 g/mol. The number of rotatable bonds is 25. The Bertz CT molecular complexity index is 1060. The van der Waals surface area contributed by atoms with Gasteiger partial charge in [0, 0.05) is 5.41 Å². The number of nitrogens with zero attached hydrogens (tertiary/aromatic N) is 1. The van der Waals surface area contributed by atoms with Crippen LogP contribution in [0.5, 0.6) is 0 Å². The van der Waals surface area contributed by atoms with E-state index in [-0.39, 0.29) is 5.41 Å². The van der Waals surface area contributed by atoms with E-state index >= 15 is 0 Å². The van der Waals surface area contributed by atoms with Gasteiger partial charge < -0.3 is 0 Å². The van der Waals surface area contributed by atoms with Gasteiger partial charge in [0.05, 0.1) is 12.5 Å². The van der Waals surface area contributed by atoms with Crippen LogP contribution in [0.1, 0.15) is 166 Å². The number of aryl methyl sites for hydroxylation is 1. The molecule has 3 aromatic rings. The Balaban J connectivity index is 1.69. The zero-order chi connectivity index (χ0) is 30.4. The molecule has 0 fully saturated rings. The highest BCUT2D eigenvalue weighted by molar-refractivity contribution is 5.32. The SMILES string of the molecule is CCCCCCCCCCCCCC(c1[nH]cc[n+]1CCCCCCCCC)C(C)(Cc1ccccc1)c1ccccc1. The van der Waals surface area contributed by atoms with Gasteiger partial charge in [-0.1, -0.05) is 184 Å². The van der Waals surface area contributed by atoms with Crippen LogP contribution in [0.3, 0.4) is 0 Å². The Kier molecular flexibility index (Phi) is 17.5. The molecule has 2 atom stereocenters. The van der Waals surface area contributed by atoms with Crippen LogP contribution >= 0.6 is 0 Å². The van der Waals surface area contributed by atoms with Crippen molar-refractivity contribution in [2.75, 3.05) is 0 Å². The zero-order valence-electron chi connectivity index (χ0n) is 28.3. The predicted molar refractivity (Wildman–Crippen MR) is 187 cm³/mol. The molecule has 0 saturated heterocycles. The van der Waals surface area contributed by atoms with Crippen LogP contribution in [0.2, 0.25) is 0 Å². The normalized spacial score (nSPS) is 13.7. The molecule has 2 aromatic carbocycles. The van der Waals surface area contributed by atoms with Crippen molar-refractivity contribution in [2.45, 2.75) is 167 Å². The second-order valence-corrected chi connectivity index (χ2v) is 13.5. The van der Waals surface area contributed by atoms with E-state index in [4.69, 9.17) is 0 Å². The molecule has 1 heterocycles. The predicted octanol–water partition coefficient (Wildman–Crippen LogP) is 12.0. The number of H-pyrrole nitrogens is 1. The Labute approximate surface area is 266 Å². The summed E-state index contributed by atoms with van der Waals surface area (Å²) in [5, 5.41) is 0. The summed E-state index contributed by atoms with van der Waals surface area (Å²) in [4.78, 5) is 3.79. The fraction of sp³-hybridized carbons (Fsp3) is 0.634. The van der Waals surface area contributed by atoms with Crippen LogP contribution in [0, 0.1) is 0 Å². The van der Waals surface area contributed by atoms with Crippen molar-refractivity contribution in [3.63, 3.8) is 0 Å². The summed E-state index contributed by atoms with van der Waals surface area (Å²) in [6.07, 6.45) is 31.6. The molecule has 0 amide bonds. The Morgan fingerprint density at radius 2 is 1.09 bits per heavy atom. The molecule has 43 heavy (non-hydrogen) atoms. The molecule has 2 heteroatoms. The number of aromatic amines is 1. The number of imidazole rings is 1. The molecule has 0 spiro atoms. The third-order valence-corrected chi connectivity index (χ3v) is 9.84. The van der Waals surface area contributed by atoms with Gasteiger partial charge in [-0.25, -0.2) is 9.55 Å². The summed E-state index contributed by atoms with van der Waals surface area (Å²) in [5.41, 5.74) is 2.90. The van der Waals surface area contributed by atoms with E-state index in [1.165, 1.54) is 139 Å². The number of benzene rings is 2. The van der Waals surface area contributed by atoms with Crippen molar-refractivity contribution in [2.24, 2.45) is 0 Å². The van der Waals surface area contributed by atoms with Crippen molar-refractivity contribution in [3.05, 3.63) is 90.0 Å². The quantitative estimate of drug-likeness (QED) is 0.0753. The van der Waals surface area contributed by atoms with E-state index < -0.39 is 0 Å². The molecular weight excluding hydrogens is 520 g/mol. The van der Waals surface area contributed by atoms with Crippen molar-refractivity contribution in [1.29, 1.82) is 0 Å². The lowest BCUT2D eigenvalue weighted by molar-refractivity contribution is -0.705. The summed E-state index contributed by atoms with van der Waals surface area (Å²) in [6, 6.07) is 22.6. The van der Waals surface area contributed by atoms with Crippen LogP contribution < -0.4 is 4.57 Å². The molecule has 0 aliphatic heterocycles. The minimum atomic E-state index is 0.00780. The van der Waals surface area contributed by atoms with E-state index in [1.807, 2.05) is 0 Å². The number of aromatic nitrogens is 2. The van der Waals surface area contributed by atoms with Crippen LogP contribution in [0.15, 0.2) is 73.1 Å². The van der Waals surface area contributed by atoms with Gasteiger partial charge >= 0.3 is 0 Å². The average Bonchev–Trinajstić information content (AvgIpc) is 3.50. The third-order valence-electron chi connectivity index (χ3n) is 9.84. The summed E-state index contributed by atoms with van der Waals surface area (Å²) >= 11 is 0. The number of hydrogen-bond donors (Lipinski definition) is 1. The van der Waals surface area contributed by atoms with E-state index in [0.29, 0.717) is 5.92 Å². The molecular formula is C41H65N2+. The Hall–Kier alpha value is -2.35. The van der Waals surface area contributed by atoms with Crippen LogP contribution in [0.4, 0.5) is 0 Å². The molecule has 0 bridgehead atoms. The number of hydrogen-bond acceptors (Lipinski definition) is 0. The average molecular weight is 586 g/mol. The van der Waals surface area contributed by atoms with E-state index in [1.54, 1.807) is 0 Å². The maximum Gasteiger partial charge on any atom is 0.258 e. The smallest absolute Gasteiger partial charge is 0.247 e. The highest BCUT2D eigenvalue weighted by Gasteiger charge is 2.41. The first-order chi connectivity index (χ1) is 21.2. The van der Waals surface area contributed by atoms with Gasteiger partial charge in [-0.05, 0) is 36.8 Å². The zero-order valence-corrected chi connectivity index (χ0v) is 28.3. The lowest BCUT2D eigenvalue weighted by atomic mass is 9.66. The molecule has 2 unspecified atom stereocenters. The molecule has 1 N–H and O–H groups in total. The molecule has 3 rings (SSSR count). The maximum atomic E-state index is 3.79. The van der Waals surface area contributed by atoms with Crippen LogP contribution in [-0.4, -0.2) is 4.98 Å².